The first-order chi connectivity index (χ1) is 14.4. The minimum Gasteiger partial charge on any atom is -0.491 e. The predicted octanol–water partition coefficient (Wildman–Crippen LogP) is 4.69. The molecule has 0 unspecified atom stereocenters. The SMILES string of the molecule is C#CC.C=CCn1nc(C2=CC=NC=C(Cl)C2)n(C/C=C\C(=C/C)OC(C)C)c1=O. The summed E-state index contributed by atoms with van der Waals surface area (Å²) in [5.41, 5.74) is 0.624. The second-order valence-electron chi connectivity index (χ2n) is 6.48. The molecule has 160 valence electrons. The standard InChI is InChI=1S/C20H25ClN4O2.C3H4/c1-5-11-25-20(26)24(12-7-8-18(6-2)27-15(3)4)19(23-25)16-9-10-22-14-17(21)13-16;1-3-2/h5-10,14-15H,1,11-13H2,2-4H3;1H,2H3/b8-7-,18-6+;. The molecule has 1 aromatic heterocycles. The van der Waals surface area contributed by atoms with Gasteiger partial charge in [0.25, 0.3) is 0 Å². The second kappa shape index (κ2) is 13.2. The minimum atomic E-state index is -0.205. The van der Waals surface area contributed by atoms with Crippen molar-refractivity contribution in [3.63, 3.8) is 0 Å². The van der Waals surface area contributed by atoms with Gasteiger partial charge in [-0.25, -0.2) is 9.48 Å². The van der Waals surface area contributed by atoms with E-state index in [1.54, 1.807) is 30.0 Å². The van der Waals surface area contributed by atoms with Gasteiger partial charge in [0.15, 0.2) is 5.82 Å². The zero-order chi connectivity index (χ0) is 22.5. The van der Waals surface area contributed by atoms with E-state index in [0.717, 1.165) is 11.3 Å². The van der Waals surface area contributed by atoms with E-state index in [2.05, 4.69) is 29.0 Å². The monoisotopic (exact) mass is 428 g/mol. The Morgan fingerprint density at radius 3 is 2.77 bits per heavy atom. The number of hydrogen-bond acceptors (Lipinski definition) is 4. The van der Waals surface area contributed by atoms with Crippen LogP contribution in [0.3, 0.4) is 0 Å². The van der Waals surface area contributed by atoms with Crippen LogP contribution in [-0.2, 0) is 17.8 Å². The summed E-state index contributed by atoms with van der Waals surface area (Å²) in [4.78, 5) is 16.8. The number of rotatable bonds is 8. The molecule has 1 aliphatic heterocycles. The average Bonchev–Trinajstić information content (AvgIpc) is 2.86. The van der Waals surface area contributed by atoms with E-state index >= 15 is 0 Å². The molecule has 0 bridgehead atoms. The molecule has 7 heteroatoms. The Bertz CT molecular complexity index is 966. The molecule has 2 heterocycles. The van der Waals surface area contributed by atoms with Gasteiger partial charge in [-0.3, -0.25) is 9.56 Å². The van der Waals surface area contributed by atoms with Crippen LogP contribution in [0.1, 0.15) is 39.9 Å². The van der Waals surface area contributed by atoms with Crippen LogP contribution < -0.4 is 5.69 Å². The van der Waals surface area contributed by atoms with Crippen LogP contribution in [0.25, 0.3) is 5.57 Å². The molecule has 1 aliphatic rings. The number of nitrogens with zero attached hydrogens (tertiary/aromatic N) is 4. The van der Waals surface area contributed by atoms with Crippen molar-refractivity contribution in [3.05, 3.63) is 70.3 Å². The fraction of sp³-hybridized carbons (Fsp3) is 0.348. The lowest BCUT2D eigenvalue weighted by Crippen LogP contribution is -2.24. The summed E-state index contributed by atoms with van der Waals surface area (Å²) in [6.45, 7) is 11.9. The zero-order valence-electron chi connectivity index (χ0n) is 18.0. The van der Waals surface area contributed by atoms with Gasteiger partial charge in [-0.15, -0.1) is 24.0 Å². The van der Waals surface area contributed by atoms with Crippen molar-refractivity contribution >= 4 is 23.4 Å². The zero-order valence-corrected chi connectivity index (χ0v) is 18.8. The van der Waals surface area contributed by atoms with Gasteiger partial charge in [0.05, 0.1) is 12.6 Å². The molecule has 0 N–H and O–H groups in total. The fourth-order valence-corrected chi connectivity index (χ4v) is 2.73. The molecule has 0 spiro atoms. The molecule has 0 saturated heterocycles. The van der Waals surface area contributed by atoms with Crippen molar-refractivity contribution in [2.24, 2.45) is 4.99 Å². The predicted molar refractivity (Wildman–Crippen MR) is 125 cm³/mol. The summed E-state index contributed by atoms with van der Waals surface area (Å²) < 4.78 is 8.68. The lowest BCUT2D eigenvalue weighted by molar-refractivity contribution is 0.157. The van der Waals surface area contributed by atoms with Crippen LogP contribution in [0.4, 0.5) is 0 Å². The third-order valence-electron chi connectivity index (χ3n) is 3.67. The minimum absolute atomic E-state index is 0.0823. The average molecular weight is 429 g/mol. The molecular weight excluding hydrogens is 400 g/mol. The number of allylic oxidation sites excluding steroid dienone is 7. The van der Waals surface area contributed by atoms with Crippen LogP contribution in [0.15, 0.2) is 63.7 Å². The fourth-order valence-electron chi connectivity index (χ4n) is 2.53. The van der Waals surface area contributed by atoms with Crippen molar-refractivity contribution in [2.75, 3.05) is 0 Å². The third kappa shape index (κ3) is 7.76. The molecule has 0 fully saturated rings. The molecule has 30 heavy (non-hydrogen) atoms. The van der Waals surface area contributed by atoms with Crippen LogP contribution >= 0.6 is 11.6 Å². The van der Waals surface area contributed by atoms with Gasteiger partial charge >= 0.3 is 5.69 Å². The number of halogens is 1. The van der Waals surface area contributed by atoms with Crippen LogP contribution in [0.2, 0.25) is 0 Å². The smallest absolute Gasteiger partial charge is 0.346 e. The summed E-state index contributed by atoms with van der Waals surface area (Å²) in [6, 6.07) is 0. The van der Waals surface area contributed by atoms with Gasteiger partial charge in [0, 0.05) is 36.0 Å². The first-order valence-electron chi connectivity index (χ1n) is 9.60. The molecule has 0 saturated carbocycles. The lowest BCUT2D eigenvalue weighted by atomic mass is 10.1. The molecule has 2 rings (SSSR count). The molecule has 0 aliphatic carbocycles. The van der Waals surface area contributed by atoms with E-state index in [4.69, 9.17) is 16.3 Å². The van der Waals surface area contributed by atoms with E-state index in [1.807, 2.05) is 45.1 Å². The van der Waals surface area contributed by atoms with Crippen LogP contribution in [0, 0.1) is 12.3 Å². The van der Waals surface area contributed by atoms with E-state index in [1.165, 1.54) is 4.68 Å². The van der Waals surface area contributed by atoms with E-state index in [9.17, 15) is 4.79 Å². The van der Waals surface area contributed by atoms with Crippen molar-refractivity contribution in [3.8, 4) is 12.3 Å². The van der Waals surface area contributed by atoms with Gasteiger partial charge in [0.2, 0.25) is 0 Å². The Balaban J connectivity index is 0.00000141. The molecule has 0 radical (unpaired) electrons. The number of aliphatic imine (C=N–C) groups is 1. The second-order valence-corrected chi connectivity index (χ2v) is 6.96. The number of terminal acetylenes is 1. The highest BCUT2D eigenvalue weighted by atomic mass is 35.5. The Morgan fingerprint density at radius 1 is 1.47 bits per heavy atom. The van der Waals surface area contributed by atoms with Gasteiger partial charge in [-0.2, -0.15) is 0 Å². The normalized spacial score (nSPS) is 13.8. The topological polar surface area (TPSA) is 61.4 Å². The molecule has 0 amide bonds. The van der Waals surface area contributed by atoms with Gasteiger partial charge < -0.3 is 4.74 Å². The molecule has 6 nitrogen and oxygen atoms in total. The van der Waals surface area contributed by atoms with Gasteiger partial charge in [0.1, 0.15) is 5.76 Å². The van der Waals surface area contributed by atoms with Crippen LogP contribution in [-0.4, -0.2) is 26.7 Å². The summed E-state index contributed by atoms with van der Waals surface area (Å²) in [5.74, 6) is 3.57. The van der Waals surface area contributed by atoms with Crippen molar-refractivity contribution in [1.29, 1.82) is 0 Å². The summed E-state index contributed by atoms with van der Waals surface area (Å²) in [7, 11) is 0. The third-order valence-corrected chi connectivity index (χ3v) is 3.91. The number of ether oxygens (including phenoxy) is 1. The van der Waals surface area contributed by atoms with Gasteiger partial charge in [-0.1, -0.05) is 23.8 Å². The number of aromatic nitrogens is 3. The first kappa shape index (κ1) is 25.0. The maximum Gasteiger partial charge on any atom is 0.346 e. The number of hydrogen-bond donors (Lipinski definition) is 0. The largest absolute Gasteiger partial charge is 0.491 e. The Labute approximate surface area is 183 Å². The molecule has 0 atom stereocenters. The Kier molecular flexibility index (Phi) is 11.0. The molecular formula is C23H29ClN4O2. The van der Waals surface area contributed by atoms with E-state index < -0.39 is 0 Å². The Morgan fingerprint density at radius 2 is 2.17 bits per heavy atom. The maximum absolute atomic E-state index is 12.7. The highest BCUT2D eigenvalue weighted by Gasteiger charge is 2.17. The maximum atomic E-state index is 12.7. The van der Waals surface area contributed by atoms with E-state index in [0.29, 0.717) is 30.4 Å². The first-order valence-corrected chi connectivity index (χ1v) is 9.98. The highest BCUT2D eigenvalue weighted by Crippen LogP contribution is 2.24. The molecule has 1 aromatic rings. The quantitative estimate of drug-likeness (QED) is 0.261. The summed E-state index contributed by atoms with van der Waals surface area (Å²) in [5, 5.41) is 5.05. The van der Waals surface area contributed by atoms with Crippen molar-refractivity contribution in [2.45, 2.75) is 53.3 Å². The van der Waals surface area contributed by atoms with Crippen LogP contribution in [0.5, 0.6) is 0 Å². The lowest BCUT2D eigenvalue weighted by Gasteiger charge is -2.10. The highest BCUT2D eigenvalue weighted by molar-refractivity contribution is 6.30. The van der Waals surface area contributed by atoms with Crippen molar-refractivity contribution < 1.29 is 4.74 Å². The summed E-state index contributed by atoms with van der Waals surface area (Å²) >= 11 is 6.17. The van der Waals surface area contributed by atoms with E-state index in [-0.39, 0.29) is 11.8 Å². The van der Waals surface area contributed by atoms with Gasteiger partial charge in [-0.05, 0) is 45.9 Å². The summed E-state index contributed by atoms with van der Waals surface area (Å²) in [6.07, 6.45) is 17.5. The Hall–Kier alpha value is -3.04. The molecule has 0 aromatic carbocycles. The van der Waals surface area contributed by atoms with Crippen molar-refractivity contribution in [1.82, 2.24) is 14.3 Å².